The fraction of sp³-hybridized carbons (Fsp3) is 0.421. The summed E-state index contributed by atoms with van der Waals surface area (Å²) in [6.45, 7) is 4.38. The summed E-state index contributed by atoms with van der Waals surface area (Å²) in [7, 11) is 2.02. The highest BCUT2D eigenvalue weighted by atomic mass is 35.5. The van der Waals surface area contributed by atoms with Gasteiger partial charge in [0.2, 0.25) is 5.91 Å². The molecule has 0 saturated carbocycles. The molecule has 3 saturated heterocycles. The molecule has 0 radical (unpaired) electrons. The minimum absolute atomic E-state index is 0.0336. The van der Waals surface area contributed by atoms with Gasteiger partial charge >= 0.3 is 11.8 Å². The summed E-state index contributed by atoms with van der Waals surface area (Å²) in [5.74, 6) is 0.938. The van der Waals surface area contributed by atoms with Gasteiger partial charge in [-0.05, 0) is 55.5 Å². The lowest BCUT2D eigenvalue weighted by molar-refractivity contribution is -0.407. The third-order valence-electron chi connectivity index (χ3n) is 10.7. The third-order valence-corrected chi connectivity index (χ3v) is 11.0. The molecule has 0 N–H and O–H groups in total. The molecule has 2 aromatic heterocycles. The van der Waals surface area contributed by atoms with Crippen molar-refractivity contribution in [2.24, 2.45) is 5.92 Å². The van der Waals surface area contributed by atoms with Gasteiger partial charge in [-0.15, -0.1) is 0 Å². The van der Waals surface area contributed by atoms with Gasteiger partial charge in [0.15, 0.2) is 0 Å². The van der Waals surface area contributed by atoms with E-state index in [0.717, 1.165) is 77.3 Å². The second-order valence-corrected chi connectivity index (χ2v) is 14.4. The van der Waals surface area contributed by atoms with Gasteiger partial charge in [-0.25, -0.2) is 18.9 Å². The highest BCUT2D eigenvalue weighted by molar-refractivity contribution is 6.36. The number of fused-ring (bicyclic) bond motifs is 3. The molecule has 0 bridgehead atoms. The van der Waals surface area contributed by atoms with Gasteiger partial charge in [-0.3, -0.25) is 9.69 Å². The first-order valence-electron chi connectivity index (χ1n) is 17.5. The van der Waals surface area contributed by atoms with Crippen LogP contribution < -0.4 is 9.64 Å². The van der Waals surface area contributed by atoms with Crippen LogP contribution in [0.4, 0.5) is 15.9 Å². The van der Waals surface area contributed by atoms with E-state index in [2.05, 4.69) is 54.8 Å². The Kier molecular flexibility index (Phi) is 8.95. The number of anilines is 1. The molecule has 0 spiro atoms. The zero-order chi connectivity index (χ0) is 34.2. The lowest BCUT2D eigenvalue weighted by Crippen LogP contribution is -2.43. The first kappa shape index (κ1) is 32.7. The van der Waals surface area contributed by atoms with E-state index in [0.29, 0.717) is 50.9 Å². The predicted molar refractivity (Wildman–Crippen MR) is 192 cm³/mol. The number of amides is 1. The van der Waals surface area contributed by atoms with Crippen LogP contribution in [0.2, 0.25) is 5.02 Å². The van der Waals surface area contributed by atoms with Crippen molar-refractivity contribution in [3.05, 3.63) is 83.0 Å². The van der Waals surface area contributed by atoms with Crippen molar-refractivity contribution in [2.45, 2.75) is 50.4 Å². The van der Waals surface area contributed by atoms with Crippen molar-refractivity contribution >= 4 is 52.1 Å². The van der Waals surface area contributed by atoms with Gasteiger partial charge in [0.1, 0.15) is 19.1 Å². The van der Waals surface area contributed by atoms with Crippen molar-refractivity contribution in [1.29, 1.82) is 0 Å². The molecule has 4 aliphatic rings. The Bertz CT molecular complexity index is 1970. The molecule has 4 aliphatic heterocycles. The monoisotopic (exact) mass is 695 g/mol. The zero-order valence-electron chi connectivity index (χ0n) is 28.2. The van der Waals surface area contributed by atoms with E-state index in [9.17, 15) is 9.18 Å². The lowest BCUT2D eigenvalue weighted by atomic mass is 9.95. The maximum atomic E-state index is 14.6. The van der Waals surface area contributed by atoms with Crippen LogP contribution in [0.15, 0.2) is 61.1 Å². The average molecular weight is 696 g/mol. The fourth-order valence-electron chi connectivity index (χ4n) is 8.30. The number of hydrogen-bond acceptors (Lipinski definition) is 8. The Balaban J connectivity index is 1.07. The summed E-state index contributed by atoms with van der Waals surface area (Å²) in [4.78, 5) is 37.5. The molecule has 8 rings (SSSR count). The van der Waals surface area contributed by atoms with Crippen LogP contribution in [0.25, 0.3) is 16.8 Å². The molecule has 0 aliphatic carbocycles. The van der Waals surface area contributed by atoms with Gasteiger partial charge in [-0.2, -0.15) is 4.98 Å². The van der Waals surface area contributed by atoms with Gasteiger partial charge < -0.3 is 14.5 Å². The van der Waals surface area contributed by atoms with E-state index in [1.54, 1.807) is 24.4 Å². The number of aromatic nitrogens is 4. The second-order valence-electron chi connectivity index (χ2n) is 14.0. The molecule has 12 heteroatoms. The first-order chi connectivity index (χ1) is 24.3. The Hall–Kier alpha value is -4.48. The standard InChI is InChI=1S/C38H41ClFN8O2/c1-45(20-26-12-17-47(21-26)34(49)10-9-29-11-15-41-25-42-29)36-30-13-18-46(33-8-3-6-27-5-2-7-31(39)35(27)33)23-32(30)43-37(44-36)50-24-38-14-4-16-48(38)22-28(40)19-38/h2-3,5-11,15,20,25-26,28H,4,12-14,16-19,21-24H2,1H3/q+1/b10-9+,45-20?/t26?,28-,38+/m1/s1. The second kappa shape index (κ2) is 13.7. The molecule has 258 valence electrons. The number of alkyl halides is 1. The van der Waals surface area contributed by atoms with Crippen LogP contribution in [-0.4, -0.2) is 105 Å². The van der Waals surface area contributed by atoms with Crippen molar-refractivity contribution in [3.63, 3.8) is 0 Å². The van der Waals surface area contributed by atoms with Crippen LogP contribution in [0.1, 0.15) is 42.6 Å². The number of nitrogens with zero attached hydrogens (tertiary/aromatic N) is 8. The molecule has 1 amide bonds. The number of benzene rings is 2. The van der Waals surface area contributed by atoms with E-state index < -0.39 is 6.17 Å². The molecule has 1 unspecified atom stereocenters. The largest absolute Gasteiger partial charge is 0.443 e. The SMILES string of the molecule is C[N+](=CC1CCN(C(=O)/C=C/c2ccncn2)C1)c1nc(OC[C@@]23CCCN2C[C@H](F)C3)nc2c1CCN(c1cccc3cccc(Cl)c13)C2. The van der Waals surface area contributed by atoms with Gasteiger partial charge in [-0.1, -0.05) is 35.9 Å². The quantitative estimate of drug-likeness (QED) is 0.136. The summed E-state index contributed by atoms with van der Waals surface area (Å²) in [6, 6.07) is 14.4. The number of carbonyl (C=O) groups is 1. The van der Waals surface area contributed by atoms with Crippen LogP contribution in [0.5, 0.6) is 6.01 Å². The highest BCUT2D eigenvalue weighted by Crippen LogP contribution is 2.41. The summed E-state index contributed by atoms with van der Waals surface area (Å²) in [5, 5.41) is 2.85. The Morgan fingerprint density at radius 3 is 2.88 bits per heavy atom. The molecule has 50 heavy (non-hydrogen) atoms. The topological polar surface area (TPSA) is 90.6 Å². The first-order valence-corrected chi connectivity index (χ1v) is 17.9. The van der Waals surface area contributed by atoms with Crippen LogP contribution >= 0.6 is 11.6 Å². The number of rotatable bonds is 8. The van der Waals surface area contributed by atoms with Crippen molar-refractivity contribution in [1.82, 2.24) is 29.7 Å². The summed E-state index contributed by atoms with van der Waals surface area (Å²) in [5.41, 5.74) is 3.47. The molecule has 3 atom stereocenters. The number of carbonyl (C=O) groups excluding carboxylic acids is 1. The van der Waals surface area contributed by atoms with Crippen LogP contribution in [-0.2, 0) is 17.8 Å². The fourth-order valence-corrected chi connectivity index (χ4v) is 8.57. The van der Waals surface area contributed by atoms with E-state index in [-0.39, 0.29) is 17.4 Å². The van der Waals surface area contributed by atoms with Gasteiger partial charge in [0.25, 0.3) is 0 Å². The van der Waals surface area contributed by atoms with Crippen LogP contribution in [0, 0.1) is 5.92 Å². The van der Waals surface area contributed by atoms with E-state index in [4.69, 9.17) is 26.3 Å². The predicted octanol–water partition coefficient (Wildman–Crippen LogP) is 5.50. The van der Waals surface area contributed by atoms with Crippen LogP contribution in [0.3, 0.4) is 0 Å². The number of halogens is 2. The Labute approximate surface area is 296 Å². The van der Waals surface area contributed by atoms with E-state index in [1.165, 1.54) is 6.33 Å². The summed E-state index contributed by atoms with van der Waals surface area (Å²) >= 11 is 6.74. The van der Waals surface area contributed by atoms with E-state index >= 15 is 0 Å². The Morgan fingerprint density at radius 2 is 2.02 bits per heavy atom. The number of hydrogen-bond donors (Lipinski definition) is 0. The molecule has 6 heterocycles. The molecule has 2 aromatic carbocycles. The minimum atomic E-state index is -0.832. The smallest absolute Gasteiger partial charge is 0.434 e. The summed E-state index contributed by atoms with van der Waals surface area (Å²) in [6.07, 6.45) is 11.8. The van der Waals surface area contributed by atoms with Crippen molar-refractivity contribution < 1.29 is 18.5 Å². The van der Waals surface area contributed by atoms with Crippen molar-refractivity contribution in [3.8, 4) is 6.01 Å². The molecular weight excluding hydrogens is 655 g/mol. The van der Waals surface area contributed by atoms with Crippen molar-refractivity contribution in [2.75, 3.05) is 51.3 Å². The number of ether oxygens (including phenoxy) is 1. The third kappa shape index (κ3) is 6.44. The van der Waals surface area contributed by atoms with Gasteiger partial charge in [0, 0.05) is 73.3 Å². The zero-order valence-corrected chi connectivity index (χ0v) is 29.0. The van der Waals surface area contributed by atoms with Gasteiger partial charge in [0.05, 0.1) is 47.3 Å². The maximum absolute atomic E-state index is 14.6. The molecule has 3 fully saturated rings. The number of likely N-dealkylation sites (tertiary alicyclic amines) is 1. The molecule has 10 nitrogen and oxygen atoms in total. The Morgan fingerprint density at radius 1 is 1.14 bits per heavy atom. The average Bonchev–Trinajstić information content (AvgIpc) is 3.84. The molecule has 4 aromatic rings. The maximum Gasteiger partial charge on any atom is 0.434 e. The normalized spacial score (nSPS) is 23.9. The van der Waals surface area contributed by atoms with E-state index in [1.807, 2.05) is 24.1 Å². The molecular formula is C38H41ClFN8O2+. The summed E-state index contributed by atoms with van der Waals surface area (Å²) < 4.78 is 23.1. The minimum Gasteiger partial charge on any atom is -0.443 e. The highest BCUT2D eigenvalue weighted by Gasteiger charge is 2.49. The lowest BCUT2D eigenvalue weighted by Gasteiger charge is -2.32.